The van der Waals surface area contributed by atoms with E-state index in [1.54, 1.807) is 0 Å². The maximum Gasteiger partial charge on any atom is 0.429 e. The van der Waals surface area contributed by atoms with Gasteiger partial charge in [0.1, 0.15) is 6.34 Å². The molecular formula is C10H17N4O+. The summed E-state index contributed by atoms with van der Waals surface area (Å²) in [5.41, 5.74) is 0. The molecule has 1 atom stereocenters. The number of quaternary nitrogens is 1. The van der Waals surface area contributed by atoms with Gasteiger partial charge in [-0.1, -0.05) is 13.8 Å². The van der Waals surface area contributed by atoms with Crippen LogP contribution in [0.4, 0.5) is 4.79 Å². The lowest BCUT2D eigenvalue weighted by Gasteiger charge is -2.29. The molecule has 1 unspecified atom stereocenters. The van der Waals surface area contributed by atoms with E-state index in [0.29, 0.717) is 12.6 Å². The van der Waals surface area contributed by atoms with Crippen molar-refractivity contribution in [1.29, 1.82) is 0 Å². The number of fused-ring (bicyclic) bond motifs is 1. The summed E-state index contributed by atoms with van der Waals surface area (Å²) >= 11 is 0. The Kier molecular flexibility index (Phi) is 2.26. The summed E-state index contributed by atoms with van der Waals surface area (Å²) < 4.78 is 0.239. The van der Waals surface area contributed by atoms with Gasteiger partial charge in [-0.05, 0) is 5.92 Å². The number of hydrogen-bond donors (Lipinski definition) is 1. The third-order valence-corrected chi connectivity index (χ3v) is 2.70. The van der Waals surface area contributed by atoms with Crippen LogP contribution in [0.1, 0.15) is 13.8 Å². The van der Waals surface area contributed by atoms with Gasteiger partial charge in [-0.25, -0.2) is 4.79 Å². The lowest BCUT2D eigenvalue weighted by Crippen LogP contribution is -2.55. The predicted octanol–water partition coefficient (Wildman–Crippen LogP) is 0.913. The minimum Gasteiger partial charge on any atom is -0.323 e. The third kappa shape index (κ3) is 1.63. The average Bonchev–Trinajstić information content (AvgIpc) is 2.43. The third-order valence-electron chi connectivity index (χ3n) is 2.70. The highest BCUT2D eigenvalue weighted by molar-refractivity contribution is 5.84. The Balaban J connectivity index is 2.20. The molecule has 2 aliphatic heterocycles. The van der Waals surface area contributed by atoms with Gasteiger partial charge < -0.3 is 4.90 Å². The number of nitrogens with one attached hydrogen (secondary N) is 1. The second-order valence-electron chi connectivity index (χ2n) is 4.69. The van der Waals surface area contributed by atoms with Crippen molar-refractivity contribution in [2.45, 2.75) is 13.8 Å². The molecule has 2 aliphatic rings. The molecule has 0 bridgehead atoms. The zero-order valence-corrected chi connectivity index (χ0v) is 9.40. The fourth-order valence-corrected chi connectivity index (χ4v) is 1.97. The van der Waals surface area contributed by atoms with Crippen LogP contribution in [0.3, 0.4) is 0 Å². The first-order valence-corrected chi connectivity index (χ1v) is 5.18. The number of hydrogen-bond acceptors (Lipinski definition) is 3. The molecular weight excluding hydrogens is 192 g/mol. The molecule has 82 valence electrons. The summed E-state index contributed by atoms with van der Waals surface area (Å²) in [7, 11) is 1.89. The van der Waals surface area contributed by atoms with Crippen LogP contribution in [0, 0.1) is 5.92 Å². The van der Waals surface area contributed by atoms with Crippen LogP contribution in [-0.2, 0) is 0 Å². The Hall–Kier alpha value is -1.36. The normalized spacial score (nSPS) is 29.2. The van der Waals surface area contributed by atoms with Crippen molar-refractivity contribution in [3.05, 3.63) is 12.0 Å². The lowest BCUT2D eigenvalue weighted by molar-refractivity contribution is -0.793. The predicted molar refractivity (Wildman–Crippen MR) is 57.7 cm³/mol. The quantitative estimate of drug-likeness (QED) is 0.687. The molecule has 1 N–H and O–H groups in total. The molecule has 5 nitrogen and oxygen atoms in total. The monoisotopic (exact) mass is 209 g/mol. The number of nitrogens with zero attached hydrogens (tertiary/aromatic N) is 3. The topological polar surface area (TPSA) is 44.7 Å². The van der Waals surface area contributed by atoms with E-state index < -0.39 is 0 Å². The molecule has 0 aromatic rings. The molecule has 0 aromatic heterocycles. The highest BCUT2D eigenvalue weighted by Gasteiger charge is 2.45. The van der Waals surface area contributed by atoms with Crippen molar-refractivity contribution in [1.82, 2.24) is 10.2 Å². The highest BCUT2D eigenvalue weighted by atomic mass is 16.2. The van der Waals surface area contributed by atoms with Crippen molar-refractivity contribution >= 4 is 12.4 Å². The van der Waals surface area contributed by atoms with Crippen LogP contribution >= 0.6 is 0 Å². The fourth-order valence-electron chi connectivity index (χ4n) is 1.97. The second-order valence-corrected chi connectivity index (χ2v) is 4.69. The van der Waals surface area contributed by atoms with E-state index in [0.717, 1.165) is 12.4 Å². The van der Waals surface area contributed by atoms with Crippen LogP contribution in [-0.4, -0.2) is 42.0 Å². The van der Waals surface area contributed by atoms with Crippen molar-refractivity contribution in [3.8, 4) is 0 Å². The summed E-state index contributed by atoms with van der Waals surface area (Å²) in [4.78, 5) is 18.1. The average molecular weight is 209 g/mol. The molecule has 5 heteroatoms. The van der Waals surface area contributed by atoms with Crippen molar-refractivity contribution < 1.29 is 9.28 Å². The van der Waals surface area contributed by atoms with Crippen LogP contribution < -0.4 is 5.32 Å². The van der Waals surface area contributed by atoms with Crippen molar-refractivity contribution in [2.24, 2.45) is 10.9 Å². The Labute approximate surface area is 89.7 Å². The van der Waals surface area contributed by atoms with Gasteiger partial charge in [0.25, 0.3) is 5.82 Å². The molecule has 0 spiro atoms. The number of aliphatic imine (C=N–C) groups is 1. The van der Waals surface area contributed by atoms with Gasteiger partial charge >= 0.3 is 6.03 Å². The summed E-state index contributed by atoms with van der Waals surface area (Å²) in [5.74, 6) is 1.40. The lowest BCUT2D eigenvalue weighted by atomic mass is 10.2. The molecule has 0 saturated carbocycles. The van der Waals surface area contributed by atoms with Crippen LogP contribution in [0.5, 0.6) is 0 Å². The SMILES string of the molecule is CC(C)CN1C=C2N=CNC(=O)[N+]2(C)C1. The molecule has 0 fully saturated rings. The first-order valence-electron chi connectivity index (χ1n) is 5.18. The van der Waals surface area contributed by atoms with Gasteiger partial charge in [0.15, 0.2) is 6.67 Å². The zero-order chi connectivity index (χ0) is 11.1. The van der Waals surface area contributed by atoms with E-state index in [9.17, 15) is 4.79 Å². The summed E-state index contributed by atoms with van der Waals surface area (Å²) in [6.07, 6.45) is 3.45. The Bertz CT molecular complexity index is 347. The summed E-state index contributed by atoms with van der Waals surface area (Å²) in [6, 6.07) is -0.0116. The van der Waals surface area contributed by atoms with E-state index in [4.69, 9.17) is 0 Å². The van der Waals surface area contributed by atoms with Gasteiger partial charge in [-0.3, -0.25) is 5.32 Å². The van der Waals surface area contributed by atoms with Crippen LogP contribution in [0.25, 0.3) is 0 Å². The smallest absolute Gasteiger partial charge is 0.323 e. The molecule has 15 heavy (non-hydrogen) atoms. The van der Waals surface area contributed by atoms with Gasteiger partial charge in [-0.15, -0.1) is 0 Å². The van der Waals surface area contributed by atoms with Crippen LogP contribution in [0.2, 0.25) is 0 Å². The molecule has 2 amide bonds. The standard InChI is InChI=1S/C10H16N4O/c1-8(2)4-13-5-9-11-6-12-10(15)14(9,3)7-13/h5-6,8H,4,7H2,1-3H3/p+1. The first-order chi connectivity index (χ1) is 7.02. The maximum absolute atomic E-state index is 11.7. The Morgan fingerprint density at radius 1 is 1.67 bits per heavy atom. The molecule has 0 saturated heterocycles. The highest BCUT2D eigenvalue weighted by Crippen LogP contribution is 2.27. The fraction of sp³-hybridized carbons (Fsp3) is 0.600. The van der Waals surface area contributed by atoms with Crippen molar-refractivity contribution in [3.63, 3.8) is 0 Å². The number of carbonyl (C=O) groups is 1. The molecule has 2 rings (SSSR count). The number of rotatable bonds is 2. The largest absolute Gasteiger partial charge is 0.429 e. The van der Waals surface area contributed by atoms with E-state index in [1.807, 2.05) is 13.2 Å². The van der Waals surface area contributed by atoms with E-state index in [1.165, 1.54) is 6.34 Å². The molecule has 0 radical (unpaired) electrons. The van der Waals surface area contributed by atoms with Crippen molar-refractivity contribution in [2.75, 3.05) is 20.3 Å². The minimum absolute atomic E-state index is 0.0116. The molecule has 0 aliphatic carbocycles. The first kappa shape index (κ1) is 10.2. The van der Waals surface area contributed by atoms with Gasteiger partial charge in [0, 0.05) is 6.54 Å². The Morgan fingerprint density at radius 3 is 3.00 bits per heavy atom. The number of carbonyl (C=O) groups excluding carboxylic acids is 1. The van der Waals surface area contributed by atoms with E-state index in [2.05, 4.69) is 29.1 Å². The van der Waals surface area contributed by atoms with Crippen LogP contribution in [0.15, 0.2) is 17.0 Å². The zero-order valence-electron chi connectivity index (χ0n) is 9.40. The molecule has 2 heterocycles. The van der Waals surface area contributed by atoms with Gasteiger partial charge in [-0.2, -0.15) is 9.48 Å². The van der Waals surface area contributed by atoms with Gasteiger partial charge in [0.05, 0.1) is 13.2 Å². The number of urea groups is 1. The summed E-state index contributed by atoms with van der Waals surface area (Å²) in [5, 5.41) is 2.64. The van der Waals surface area contributed by atoms with Gasteiger partial charge in [0.2, 0.25) is 0 Å². The van der Waals surface area contributed by atoms with E-state index >= 15 is 0 Å². The molecule has 0 aromatic carbocycles. The maximum atomic E-state index is 11.7. The Morgan fingerprint density at radius 2 is 2.40 bits per heavy atom. The summed E-state index contributed by atoms with van der Waals surface area (Å²) in [6.45, 7) is 5.97. The second kappa shape index (κ2) is 3.34. The minimum atomic E-state index is -0.0116. The van der Waals surface area contributed by atoms with E-state index in [-0.39, 0.29) is 10.5 Å². The number of amides is 2.